The van der Waals surface area contributed by atoms with Gasteiger partial charge in [-0.2, -0.15) is 4.39 Å². The van der Waals surface area contributed by atoms with Crippen LogP contribution in [0, 0.1) is 11.8 Å². The van der Waals surface area contributed by atoms with Crippen molar-refractivity contribution in [2.75, 3.05) is 0 Å². The molecule has 0 unspecified atom stereocenters. The van der Waals surface area contributed by atoms with Crippen molar-refractivity contribution in [3.63, 3.8) is 0 Å². The molecule has 1 aromatic heterocycles. The van der Waals surface area contributed by atoms with E-state index in [-0.39, 0.29) is 6.07 Å². The summed E-state index contributed by atoms with van der Waals surface area (Å²) < 4.78 is 70.8. The van der Waals surface area contributed by atoms with E-state index in [1.54, 1.807) is 0 Å². The lowest BCUT2D eigenvalue weighted by atomic mass is 10.3. The van der Waals surface area contributed by atoms with Gasteiger partial charge in [-0.25, -0.2) is 26.6 Å². The van der Waals surface area contributed by atoms with E-state index in [0.29, 0.717) is 0 Å². The molecule has 0 saturated carbocycles. The zero-order valence-electron chi connectivity index (χ0n) is 6.72. The molecule has 1 aromatic rings. The van der Waals surface area contributed by atoms with Crippen LogP contribution in [0.25, 0.3) is 0 Å². The average Bonchev–Trinajstić information content (AvgIpc) is 2.06. The highest BCUT2D eigenvalue weighted by Crippen LogP contribution is 2.28. The van der Waals surface area contributed by atoms with Crippen molar-refractivity contribution >= 4 is 19.7 Å². The molecule has 84 valence electrons. The van der Waals surface area contributed by atoms with Gasteiger partial charge in [-0.3, -0.25) is 0 Å². The first-order valence-electron chi connectivity index (χ1n) is 3.32. The lowest BCUT2D eigenvalue weighted by molar-refractivity contribution is 0.140. The molecule has 9 heteroatoms. The Hall–Kier alpha value is -0.890. The smallest absolute Gasteiger partial charge is 0.215 e. The maximum Gasteiger partial charge on any atom is 0.281 e. The first kappa shape index (κ1) is 12.2. The van der Waals surface area contributed by atoms with Gasteiger partial charge in [-0.1, -0.05) is 0 Å². The summed E-state index contributed by atoms with van der Waals surface area (Å²) in [6.45, 7) is 0. The van der Waals surface area contributed by atoms with Crippen LogP contribution < -0.4 is 0 Å². The normalized spacial score (nSPS) is 12.1. The van der Waals surface area contributed by atoms with Crippen LogP contribution >= 0.6 is 10.7 Å². The van der Waals surface area contributed by atoms with Gasteiger partial charge in [-0.15, -0.1) is 0 Å². The number of alkyl halides is 2. The molecule has 1 rings (SSSR count). The average molecular weight is 264 g/mol. The minimum atomic E-state index is -4.59. The Balaban J connectivity index is 3.56. The number of halogens is 5. The second-order valence-electron chi connectivity index (χ2n) is 2.38. The van der Waals surface area contributed by atoms with E-state index in [1.807, 2.05) is 0 Å². The molecule has 0 aliphatic carbocycles. The predicted molar refractivity (Wildman–Crippen MR) is 42.1 cm³/mol. The molecular formula is C6H2ClF4NO2S. The first-order valence-corrected chi connectivity index (χ1v) is 5.63. The maximum absolute atomic E-state index is 12.5. The number of rotatable bonds is 2. The number of pyridine rings is 1. The number of nitrogens with zero attached hydrogens (tertiary/aromatic N) is 1. The maximum atomic E-state index is 12.5. The van der Waals surface area contributed by atoms with Crippen molar-refractivity contribution < 1.29 is 26.0 Å². The van der Waals surface area contributed by atoms with Crippen LogP contribution in [0.5, 0.6) is 0 Å². The van der Waals surface area contributed by atoms with Gasteiger partial charge >= 0.3 is 0 Å². The molecule has 0 spiro atoms. The number of hydrogen-bond acceptors (Lipinski definition) is 3. The van der Waals surface area contributed by atoms with Gasteiger partial charge in [0.05, 0.1) is 0 Å². The van der Waals surface area contributed by atoms with Crippen LogP contribution in [-0.4, -0.2) is 13.4 Å². The van der Waals surface area contributed by atoms with E-state index in [0.717, 1.165) is 0 Å². The molecule has 0 aromatic carbocycles. The molecule has 0 atom stereocenters. The Kier molecular flexibility index (Phi) is 3.19. The van der Waals surface area contributed by atoms with Gasteiger partial charge < -0.3 is 0 Å². The van der Waals surface area contributed by atoms with Gasteiger partial charge in [0, 0.05) is 16.7 Å². The Morgan fingerprint density at radius 2 is 1.87 bits per heavy atom. The quantitative estimate of drug-likeness (QED) is 0.467. The third-order valence-corrected chi connectivity index (χ3v) is 2.75. The second-order valence-corrected chi connectivity index (χ2v) is 4.92. The monoisotopic (exact) mass is 263 g/mol. The van der Waals surface area contributed by atoms with Crippen LogP contribution in [-0.2, 0) is 9.05 Å². The standard InChI is InChI=1S/C6H2ClF4NO2S/c7-15(13,14)3-1-2(8)6(11)12-4(3)5(9)10/h1,5H. The zero-order chi connectivity index (χ0) is 11.8. The van der Waals surface area contributed by atoms with Crippen molar-refractivity contribution in [1.82, 2.24) is 4.98 Å². The molecule has 0 saturated heterocycles. The third-order valence-electron chi connectivity index (χ3n) is 1.40. The van der Waals surface area contributed by atoms with Crippen molar-refractivity contribution in [2.24, 2.45) is 0 Å². The van der Waals surface area contributed by atoms with Gasteiger partial charge in [-0.05, 0) is 0 Å². The largest absolute Gasteiger partial charge is 0.281 e. The fourth-order valence-electron chi connectivity index (χ4n) is 0.814. The van der Waals surface area contributed by atoms with Crippen molar-refractivity contribution in [2.45, 2.75) is 11.3 Å². The van der Waals surface area contributed by atoms with Crippen molar-refractivity contribution in [3.05, 3.63) is 23.5 Å². The summed E-state index contributed by atoms with van der Waals surface area (Å²) in [5.74, 6) is -3.48. The Bertz CT molecular complexity index is 490. The summed E-state index contributed by atoms with van der Waals surface area (Å²) >= 11 is 0. The van der Waals surface area contributed by atoms with Gasteiger partial charge in [0.25, 0.3) is 15.5 Å². The highest BCUT2D eigenvalue weighted by molar-refractivity contribution is 8.13. The number of aromatic nitrogens is 1. The lowest BCUT2D eigenvalue weighted by Gasteiger charge is -2.04. The summed E-state index contributed by atoms with van der Waals surface area (Å²) in [5.41, 5.74) is -1.41. The molecule has 15 heavy (non-hydrogen) atoms. The van der Waals surface area contributed by atoms with E-state index in [2.05, 4.69) is 4.98 Å². The highest BCUT2D eigenvalue weighted by Gasteiger charge is 2.26. The fraction of sp³-hybridized carbons (Fsp3) is 0.167. The van der Waals surface area contributed by atoms with E-state index >= 15 is 0 Å². The van der Waals surface area contributed by atoms with Gasteiger partial charge in [0.2, 0.25) is 5.95 Å². The first-order chi connectivity index (χ1) is 6.73. The van der Waals surface area contributed by atoms with Gasteiger partial charge in [0.1, 0.15) is 10.6 Å². The topological polar surface area (TPSA) is 47.0 Å². The summed E-state index contributed by atoms with van der Waals surface area (Å²) in [6.07, 6.45) is -3.37. The minimum absolute atomic E-state index is 0.0617. The molecule has 0 radical (unpaired) electrons. The molecule has 0 bridgehead atoms. The molecule has 0 fully saturated rings. The summed E-state index contributed by atoms with van der Waals surface area (Å²) in [5, 5.41) is 0. The molecule has 0 amide bonds. The number of hydrogen-bond donors (Lipinski definition) is 0. The van der Waals surface area contributed by atoms with Crippen LogP contribution in [0.4, 0.5) is 17.6 Å². The van der Waals surface area contributed by atoms with E-state index in [1.165, 1.54) is 0 Å². The molecule has 3 nitrogen and oxygen atoms in total. The predicted octanol–water partition coefficient (Wildman–Crippen LogP) is 2.22. The van der Waals surface area contributed by atoms with Crippen LogP contribution in [0.15, 0.2) is 11.0 Å². The third kappa shape index (κ3) is 2.57. The van der Waals surface area contributed by atoms with E-state index in [9.17, 15) is 26.0 Å². The van der Waals surface area contributed by atoms with E-state index in [4.69, 9.17) is 10.7 Å². The molecule has 0 aliphatic heterocycles. The van der Waals surface area contributed by atoms with Crippen LogP contribution in [0.1, 0.15) is 12.1 Å². The zero-order valence-corrected chi connectivity index (χ0v) is 8.29. The lowest BCUT2D eigenvalue weighted by Crippen LogP contribution is -2.05. The second kappa shape index (κ2) is 3.93. The molecule has 0 aliphatic rings. The van der Waals surface area contributed by atoms with Crippen LogP contribution in [0.3, 0.4) is 0 Å². The molecular weight excluding hydrogens is 262 g/mol. The SMILES string of the molecule is O=S(=O)(Cl)c1cc(F)c(F)nc1C(F)F. The van der Waals surface area contributed by atoms with Crippen LogP contribution in [0.2, 0.25) is 0 Å². The van der Waals surface area contributed by atoms with E-state index < -0.39 is 37.8 Å². The summed E-state index contributed by atoms with van der Waals surface area (Å²) in [7, 11) is 0.147. The van der Waals surface area contributed by atoms with Crippen molar-refractivity contribution in [1.29, 1.82) is 0 Å². The fourth-order valence-corrected chi connectivity index (χ4v) is 1.81. The Labute approximate surface area is 86.1 Å². The summed E-state index contributed by atoms with van der Waals surface area (Å²) in [6, 6.07) is 0.0617. The molecule has 0 N–H and O–H groups in total. The van der Waals surface area contributed by atoms with Gasteiger partial charge in [0.15, 0.2) is 5.82 Å². The Morgan fingerprint density at radius 3 is 2.27 bits per heavy atom. The molecule has 1 heterocycles. The minimum Gasteiger partial charge on any atom is -0.215 e. The Morgan fingerprint density at radius 1 is 1.33 bits per heavy atom. The van der Waals surface area contributed by atoms with Crippen molar-refractivity contribution in [3.8, 4) is 0 Å². The summed E-state index contributed by atoms with van der Waals surface area (Å²) in [4.78, 5) is 1.25. The highest BCUT2D eigenvalue weighted by atomic mass is 35.7.